The Hall–Kier alpha value is -1.63. The lowest BCUT2D eigenvalue weighted by atomic mass is 10.3. The van der Waals surface area contributed by atoms with Crippen LogP contribution in [0.5, 0.6) is 0 Å². The summed E-state index contributed by atoms with van der Waals surface area (Å²) >= 11 is 1.16. The highest BCUT2D eigenvalue weighted by molar-refractivity contribution is 7.13. The highest BCUT2D eigenvalue weighted by Gasteiger charge is 2.16. The molecule has 3 N–H and O–H groups in total. The topological polar surface area (TPSA) is 97.8 Å². The van der Waals surface area contributed by atoms with Gasteiger partial charge < -0.3 is 15.7 Å². The molecule has 0 aliphatic carbocycles. The van der Waals surface area contributed by atoms with Crippen LogP contribution in [-0.4, -0.2) is 28.4 Å². The normalized spacial score (nSPS) is 11.4. The highest BCUT2D eigenvalue weighted by atomic mass is 32.1. The maximum absolute atomic E-state index is 10.8. The van der Waals surface area contributed by atoms with Gasteiger partial charge in [0.15, 0.2) is 5.13 Å². The molecule has 1 aromatic heterocycles. The molecular weight excluding hydrogens is 218 g/mol. The third-order valence-corrected chi connectivity index (χ3v) is 2.09. The van der Waals surface area contributed by atoms with Gasteiger partial charge in [-0.15, -0.1) is 11.3 Å². The van der Waals surface area contributed by atoms with Gasteiger partial charge in [-0.2, -0.15) is 0 Å². The summed E-state index contributed by atoms with van der Waals surface area (Å²) in [7, 11) is 0. The van der Waals surface area contributed by atoms with Crippen molar-refractivity contribution >= 4 is 28.1 Å². The van der Waals surface area contributed by atoms with Gasteiger partial charge in [0.25, 0.3) is 0 Å². The van der Waals surface area contributed by atoms with Crippen LogP contribution in [-0.2, 0) is 9.63 Å². The van der Waals surface area contributed by atoms with Crippen LogP contribution >= 0.6 is 11.3 Å². The van der Waals surface area contributed by atoms with Gasteiger partial charge in [0.2, 0.25) is 5.71 Å². The quantitative estimate of drug-likeness (QED) is 0.445. The van der Waals surface area contributed by atoms with E-state index in [-0.39, 0.29) is 11.4 Å². The van der Waals surface area contributed by atoms with Gasteiger partial charge in [-0.05, 0) is 6.42 Å². The van der Waals surface area contributed by atoms with E-state index in [1.165, 1.54) is 5.38 Å². The van der Waals surface area contributed by atoms with Crippen molar-refractivity contribution in [1.82, 2.24) is 4.98 Å². The number of thiazole rings is 1. The van der Waals surface area contributed by atoms with E-state index in [0.717, 1.165) is 17.8 Å². The molecule has 0 bridgehead atoms. The molecule has 0 fully saturated rings. The Bertz CT molecular complexity index is 375. The summed E-state index contributed by atoms with van der Waals surface area (Å²) < 4.78 is 0. The van der Waals surface area contributed by atoms with Crippen molar-refractivity contribution in [2.45, 2.75) is 13.3 Å². The standard InChI is InChI=1S/C8H11N3O3S/c1-2-3-14-11-6(7(12)13)5-4-15-8(9)10-5/h4H,2-3H2,1H3,(H2,9,10)(H,12,13)/b11-6+. The zero-order chi connectivity index (χ0) is 11.3. The van der Waals surface area contributed by atoms with Crippen molar-refractivity contribution in [2.75, 3.05) is 12.3 Å². The molecule has 1 aromatic rings. The molecule has 0 amide bonds. The molecule has 6 nitrogen and oxygen atoms in total. The van der Waals surface area contributed by atoms with Crippen molar-refractivity contribution < 1.29 is 14.7 Å². The molecule has 15 heavy (non-hydrogen) atoms. The van der Waals surface area contributed by atoms with Crippen molar-refractivity contribution in [2.24, 2.45) is 5.16 Å². The van der Waals surface area contributed by atoms with E-state index >= 15 is 0 Å². The number of nitrogen functional groups attached to an aromatic ring is 1. The smallest absolute Gasteiger partial charge is 0.360 e. The summed E-state index contributed by atoms with van der Waals surface area (Å²) in [6, 6.07) is 0. The van der Waals surface area contributed by atoms with Crippen LogP contribution in [0.1, 0.15) is 19.0 Å². The maximum atomic E-state index is 10.8. The summed E-state index contributed by atoms with van der Waals surface area (Å²) in [5.74, 6) is -1.18. The first-order chi connectivity index (χ1) is 7.15. The molecule has 0 spiro atoms. The van der Waals surface area contributed by atoms with Crippen LogP contribution in [0.3, 0.4) is 0 Å². The number of aliphatic carboxylic acids is 1. The number of aromatic nitrogens is 1. The number of rotatable bonds is 5. The predicted octanol–water partition coefficient (Wildman–Crippen LogP) is 0.941. The maximum Gasteiger partial charge on any atom is 0.360 e. The summed E-state index contributed by atoms with van der Waals surface area (Å²) in [4.78, 5) is 19.4. The minimum atomic E-state index is -1.18. The molecule has 0 aromatic carbocycles. The van der Waals surface area contributed by atoms with E-state index in [9.17, 15) is 4.79 Å². The number of carbonyl (C=O) groups is 1. The first-order valence-corrected chi connectivity index (χ1v) is 5.17. The molecule has 1 heterocycles. The van der Waals surface area contributed by atoms with Crippen LogP contribution < -0.4 is 5.73 Å². The Labute approximate surface area is 90.4 Å². The Balaban J connectivity index is 2.83. The lowest BCUT2D eigenvalue weighted by Gasteiger charge is -1.98. The van der Waals surface area contributed by atoms with Crippen molar-refractivity contribution in [3.8, 4) is 0 Å². The van der Waals surface area contributed by atoms with Crippen LogP contribution in [0.2, 0.25) is 0 Å². The number of hydrogen-bond donors (Lipinski definition) is 2. The number of carboxylic acids is 1. The van der Waals surface area contributed by atoms with Crippen LogP contribution in [0, 0.1) is 0 Å². The van der Waals surface area contributed by atoms with Crippen molar-refractivity contribution in [3.63, 3.8) is 0 Å². The van der Waals surface area contributed by atoms with E-state index in [2.05, 4.69) is 10.1 Å². The SMILES string of the molecule is CCCO/N=C(/C(=O)O)c1csc(N)n1. The first kappa shape index (κ1) is 11.4. The summed E-state index contributed by atoms with van der Waals surface area (Å²) in [6.45, 7) is 2.27. The van der Waals surface area contributed by atoms with Crippen LogP contribution in [0.25, 0.3) is 0 Å². The lowest BCUT2D eigenvalue weighted by molar-refractivity contribution is -0.129. The van der Waals surface area contributed by atoms with Gasteiger partial charge in [-0.25, -0.2) is 9.78 Å². The molecule has 0 aliphatic rings. The molecule has 0 atom stereocenters. The number of oxime groups is 1. The van der Waals surface area contributed by atoms with Gasteiger partial charge in [-0.3, -0.25) is 0 Å². The summed E-state index contributed by atoms with van der Waals surface area (Å²) in [5, 5.41) is 14.2. The second-order valence-corrected chi connectivity index (χ2v) is 3.54. The van der Waals surface area contributed by atoms with Crippen molar-refractivity contribution in [3.05, 3.63) is 11.1 Å². The molecule has 0 saturated heterocycles. The average Bonchev–Trinajstić information content (AvgIpc) is 2.59. The minimum absolute atomic E-state index is 0.223. The molecular formula is C8H11N3O3S. The van der Waals surface area contributed by atoms with E-state index in [1.807, 2.05) is 6.92 Å². The second kappa shape index (κ2) is 5.30. The highest BCUT2D eigenvalue weighted by Crippen LogP contribution is 2.12. The zero-order valence-corrected chi connectivity index (χ0v) is 8.95. The fraction of sp³-hybridized carbons (Fsp3) is 0.375. The molecule has 1 rings (SSSR count). The number of anilines is 1. The lowest BCUT2D eigenvalue weighted by Crippen LogP contribution is -2.15. The van der Waals surface area contributed by atoms with Gasteiger partial charge >= 0.3 is 5.97 Å². The van der Waals surface area contributed by atoms with E-state index < -0.39 is 5.97 Å². The monoisotopic (exact) mass is 229 g/mol. The fourth-order valence-electron chi connectivity index (χ4n) is 0.793. The Morgan fingerprint density at radius 3 is 3.00 bits per heavy atom. The predicted molar refractivity (Wildman–Crippen MR) is 56.9 cm³/mol. The first-order valence-electron chi connectivity index (χ1n) is 4.29. The van der Waals surface area contributed by atoms with Gasteiger partial charge in [0.1, 0.15) is 12.3 Å². The molecule has 0 aliphatic heterocycles. The largest absolute Gasteiger partial charge is 0.476 e. The van der Waals surface area contributed by atoms with Gasteiger partial charge in [-0.1, -0.05) is 12.1 Å². The number of carboxylic acid groups (broad SMARTS) is 1. The number of hydrogen-bond acceptors (Lipinski definition) is 6. The molecule has 0 unspecified atom stereocenters. The molecule has 0 radical (unpaired) electrons. The summed E-state index contributed by atoms with van der Waals surface area (Å²) in [6.07, 6.45) is 0.760. The Morgan fingerprint density at radius 2 is 2.53 bits per heavy atom. The number of nitrogens with two attached hydrogens (primary N) is 1. The van der Waals surface area contributed by atoms with E-state index in [0.29, 0.717) is 11.7 Å². The van der Waals surface area contributed by atoms with Crippen LogP contribution in [0.4, 0.5) is 5.13 Å². The van der Waals surface area contributed by atoms with E-state index in [4.69, 9.17) is 15.7 Å². The minimum Gasteiger partial charge on any atom is -0.476 e. The summed E-state index contributed by atoms with van der Waals surface area (Å²) in [5.41, 5.74) is 5.39. The Kier molecular flexibility index (Phi) is 4.04. The number of nitrogens with zero attached hydrogens (tertiary/aromatic N) is 2. The molecule has 7 heteroatoms. The average molecular weight is 229 g/mol. The third-order valence-electron chi connectivity index (χ3n) is 1.42. The van der Waals surface area contributed by atoms with Crippen molar-refractivity contribution in [1.29, 1.82) is 0 Å². The molecule has 0 saturated carbocycles. The third kappa shape index (κ3) is 3.21. The van der Waals surface area contributed by atoms with Crippen LogP contribution in [0.15, 0.2) is 10.5 Å². The van der Waals surface area contributed by atoms with Gasteiger partial charge in [0, 0.05) is 5.38 Å². The van der Waals surface area contributed by atoms with E-state index in [1.54, 1.807) is 0 Å². The zero-order valence-electron chi connectivity index (χ0n) is 8.14. The Morgan fingerprint density at radius 1 is 1.80 bits per heavy atom. The fourth-order valence-corrected chi connectivity index (χ4v) is 1.34. The molecule has 82 valence electrons. The second-order valence-electron chi connectivity index (χ2n) is 2.65. The van der Waals surface area contributed by atoms with Gasteiger partial charge in [0.05, 0.1) is 0 Å².